The average molecular weight is 255 g/mol. The summed E-state index contributed by atoms with van der Waals surface area (Å²) in [6.45, 7) is 0. The van der Waals surface area contributed by atoms with E-state index in [9.17, 15) is 13.2 Å². The van der Waals surface area contributed by atoms with E-state index in [2.05, 4.69) is 20.9 Å². The highest BCUT2D eigenvalue weighted by Crippen LogP contribution is 2.25. The number of nitrogens with two attached hydrogens (primary N) is 1. The Kier molecular flexibility index (Phi) is 3.13. The molecule has 0 aromatic carbocycles. The summed E-state index contributed by atoms with van der Waals surface area (Å²) in [4.78, 5) is 3.07. The van der Waals surface area contributed by atoms with Gasteiger partial charge in [-0.2, -0.15) is 4.39 Å². The molecule has 0 saturated carbocycles. The minimum atomic E-state index is -2.79. The largest absolute Gasteiger partial charge is 0.395 e. The van der Waals surface area contributed by atoms with Crippen LogP contribution in [-0.2, 0) is 5.33 Å². The second-order valence-corrected chi connectivity index (χ2v) is 2.91. The lowest BCUT2D eigenvalue weighted by molar-refractivity contribution is 0.144. The van der Waals surface area contributed by atoms with Crippen molar-refractivity contribution < 1.29 is 13.2 Å². The van der Waals surface area contributed by atoms with Crippen molar-refractivity contribution in [1.29, 1.82) is 0 Å². The number of hydrogen-bond donors (Lipinski definition) is 1. The summed E-state index contributed by atoms with van der Waals surface area (Å²) < 4.78 is 37.1. The quantitative estimate of drug-likeness (QED) is 0.651. The van der Waals surface area contributed by atoms with E-state index < -0.39 is 18.1 Å². The molecule has 0 bridgehead atoms. The third kappa shape index (κ3) is 2.12. The van der Waals surface area contributed by atoms with Crippen LogP contribution in [0.15, 0.2) is 6.07 Å². The fourth-order valence-electron chi connectivity index (χ4n) is 0.859. The Bertz CT molecular complexity index is 317. The summed E-state index contributed by atoms with van der Waals surface area (Å²) >= 11 is 2.98. The van der Waals surface area contributed by atoms with Crippen molar-refractivity contribution >= 4 is 21.6 Å². The minimum Gasteiger partial charge on any atom is -0.395 e. The van der Waals surface area contributed by atoms with Crippen LogP contribution in [0, 0.1) is 5.95 Å². The van der Waals surface area contributed by atoms with Crippen molar-refractivity contribution in [2.24, 2.45) is 0 Å². The van der Waals surface area contributed by atoms with Gasteiger partial charge in [0.2, 0.25) is 5.95 Å². The van der Waals surface area contributed by atoms with Crippen molar-refractivity contribution in [1.82, 2.24) is 4.98 Å². The van der Waals surface area contributed by atoms with Crippen molar-refractivity contribution in [3.05, 3.63) is 23.3 Å². The maximum atomic E-state index is 12.7. The van der Waals surface area contributed by atoms with E-state index in [1.54, 1.807) is 0 Å². The van der Waals surface area contributed by atoms with Gasteiger partial charge < -0.3 is 5.73 Å². The predicted octanol–water partition coefficient (Wildman–Crippen LogP) is 2.64. The second kappa shape index (κ2) is 3.95. The van der Waals surface area contributed by atoms with Gasteiger partial charge in [-0.25, -0.2) is 13.8 Å². The molecule has 13 heavy (non-hydrogen) atoms. The SMILES string of the molecule is Nc1cc(CBr)c(C(F)F)nc1F. The standard InChI is InChI=1S/C7H6BrF3N2/c8-2-3-1-4(12)7(11)13-5(3)6(9)10/h1,6H,2,12H2. The molecule has 1 aromatic heterocycles. The number of pyridine rings is 1. The molecule has 0 spiro atoms. The van der Waals surface area contributed by atoms with Gasteiger partial charge in [-0.05, 0) is 11.6 Å². The van der Waals surface area contributed by atoms with Crippen LogP contribution in [0.5, 0.6) is 0 Å². The third-order valence-electron chi connectivity index (χ3n) is 1.47. The molecule has 0 aliphatic carbocycles. The molecule has 72 valence electrons. The van der Waals surface area contributed by atoms with Gasteiger partial charge in [0.05, 0.1) is 5.69 Å². The molecule has 0 aliphatic heterocycles. The Morgan fingerprint density at radius 1 is 1.54 bits per heavy atom. The van der Waals surface area contributed by atoms with Crippen molar-refractivity contribution in [3.63, 3.8) is 0 Å². The average Bonchev–Trinajstić information content (AvgIpc) is 2.08. The molecule has 1 aromatic rings. The van der Waals surface area contributed by atoms with Gasteiger partial charge in [-0.15, -0.1) is 0 Å². The molecule has 0 radical (unpaired) electrons. The molecule has 1 heterocycles. The molecule has 0 saturated heterocycles. The van der Waals surface area contributed by atoms with Crippen LogP contribution < -0.4 is 5.73 Å². The molecular weight excluding hydrogens is 249 g/mol. The first-order chi connectivity index (χ1) is 6.06. The fraction of sp³-hybridized carbons (Fsp3) is 0.286. The van der Waals surface area contributed by atoms with E-state index in [1.165, 1.54) is 0 Å². The van der Waals surface area contributed by atoms with Crippen LogP contribution in [0.1, 0.15) is 17.7 Å². The number of nitrogen functional groups attached to an aromatic ring is 1. The Balaban J connectivity index is 3.25. The van der Waals surface area contributed by atoms with Gasteiger partial charge in [0.15, 0.2) is 0 Å². The summed E-state index contributed by atoms with van der Waals surface area (Å²) in [5.74, 6) is -1.06. The minimum absolute atomic E-state index is 0.171. The lowest BCUT2D eigenvalue weighted by Crippen LogP contribution is -2.03. The van der Waals surface area contributed by atoms with Gasteiger partial charge >= 0.3 is 0 Å². The van der Waals surface area contributed by atoms with Gasteiger partial charge in [-0.3, -0.25) is 0 Å². The van der Waals surface area contributed by atoms with E-state index in [4.69, 9.17) is 5.73 Å². The van der Waals surface area contributed by atoms with Crippen molar-refractivity contribution in [2.75, 3.05) is 5.73 Å². The van der Waals surface area contributed by atoms with E-state index in [1.807, 2.05) is 0 Å². The molecule has 0 atom stereocenters. The third-order valence-corrected chi connectivity index (χ3v) is 2.07. The zero-order valence-electron chi connectivity index (χ0n) is 6.40. The van der Waals surface area contributed by atoms with Crippen LogP contribution in [0.2, 0.25) is 0 Å². The van der Waals surface area contributed by atoms with E-state index in [0.717, 1.165) is 6.07 Å². The zero-order chi connectivity index (χ0) is 10.0. The Morgan fingerprint density at radius 2 is 2.15 bits per heavy atom. The Labute approximate surface area is 81.1 Å². The maximum absolute atomic E-state index is 12.7. The second-order valence-electron chi connectivity index (χ2n) is 2.35. The smallest absolute Gasteiger partial charge is 0.280 e. The van der Waals surface area contributed by atoms with Crippen molar-refractivity contribution in [2.45, 2.75) is 11.8 Å². The summed E-state index contributed by atoms with van der Waals surface area (Å²) in [5.41, 5.74) is 4.58. The molecule has 0 unspecified atom stereocenters. The number of aromatic nitrogens is 1. The van der Waals surface area contributed by atoms with Crippen LogP contribution in [0.25, 0.3) is 0 Å². The zero-order valence-corrected chi connectivity index (χ0v) is 7.98. The lowest BCUT2D eigenvalue weighted by atomic mass is 10.2. The normalized spacial score (nSPS) is 10.8. The highest BCUT2D eigenvalue weighted by Gasteiger charge is 2.16. The van der Waals surface area contributed by atoms with Crippen molar-refractivity contribution in [3.8, 4) is 0 Å². The highest BCUT2D eigenvalue weighted by atomic mass is 79.9. The number of alkyl halides is 3. The predicted molar refractivity (Wildman–Crippen MR) is 46.2 cm³/mol. The first kappa shape index (κ1) is 10.3. The Morgan fingerprint density at radius 3 is 2.62 bits per heavy atom. The van der Waals surface area contributed by atoms with E-state index >= 15 is 0 Å². The molecule has 0 fully saturated rings. The van der Waals surface area contributed by atoms with Crippen LogP contribution in [0.4, 0.5) is 18.9 Å². The summed E-state index contributed by atoms with van der Waals surface area (Å²) in [5, 5.41) is 0.171. The lowest BCUT2D eigenvalue weighted by Gasteiger charge is -2.06. The number of hydrogen-bond acceptors (Lipinski definition) is 2. The molecule has 1 rings (SSSR count). The first-order valence-corrected chi connectivity index (χ1v) is 4.47. The number of anilines is 1. The molecule has 2 N–H and O–H groups in total. The summed E-state index contributed by atoms with van der Waals surface area (Å²) in [7, 11) is 0. The molecular formula is C7H6BrF3N2. The topological polar surface area (TPSA) is 38.9 Å². The summed E-state index contributed by atoms with van der Waals surface area (Å²) in [6, 6.07) is 1.15. The fourth-order valence-corrected chi connectivity index (χ4v) is 1.31. The monoisotopic (exact) mass is 254 g/mol. The number of rotatable bonds is 2. The number of nitrogens with zero attached hydrogens (tertiary/aromatic N) is 1. The number of halogens is 4. The van der Waals surface area contributed by atoms with Gasteiger partial charge in [0.1, 0.15) is 5.69 Å². The summed E-state index contributed by atoms with van der Waals surface area (Å²) in [6.07, 6.45) is -2.79. The van der Waals surface area contributed by atoms with E-state index in [-0.39, 0.29) is 16.6 Å². The highest BCUT2D eigenvalue weighted by molar-refractivity contribution is 9.08. The molecule has 2 nitrogen and oxygen atoms in total. The molecule has 0 aliphatic rings. The molecule has 0 amide bonds. The van der Waals surface area contributed by atoms with E-state index in [0.29, 0.717) is 0 Å². The van der Waals surface area contributed by atoms with Gasteiger partial charge in [0, 0.05) is 5.33 Å². The maximum Gasteiger partial charge on any atom is 0.280 e. The first-order valence-electron chi connectivity index (χ1n) is 3.35. The molecule has 6 heteroatoms. The van der Waals surface area contributed by atoms with Gasteiger partial charge in [-0.1, -0.05) is 15.9 Å². The van der Waals surface area contributed by atoms with Crippen LogP contribution in [-0.4, -0.2) is 4.98 Å². The van der Waals surface area contributed by atoms with Crippen LogP contribution >= 0.6 is 15.9 Å². The van der Waals surface area contributed by atoms with Crippen LogP contribution in [0.3, 0.4) is 0 Å². The Hall–Kier alpha value is -0.780. The van der Waals surface area contributed by atoms with Gasteiger partial charge in [0.25, 0.3) is 6.43 Å².